The Balaban J connectivity index is 4.48. The quantitative estimate of drug-likeness (QED) is 0.510. The molecule has 0 bridgehead atoms. The lowest BCUT2D eigenvalue weighted by molar-refractivity contribution is -0.133. The largest absolute Gasteiger partial charge is 0.478 e. The topological polar surface area (TPSA) is 71.4 Å². The molecule has 1 N–H and O–H groups in total. The van der Waals surface area contributed by atoms with Crippen molar-refractivity contribution >= 4 is 18.0 Å². The molecule has 0 amide bonds. The van der Waals surface area contributed by atoms with Crippen molar-refractivity contribution in [1.82, 2.24) is 0 Å². The molecular weight excluding hydrogens is 172 g/mol. The summed E-state index contributed by atoms with van der Waals surface area (Å²) in [6.07, 6.45) is 0.865. The first-order valence-electron chi connectivity index (χ1n) is 3.88. The van der Waals surface area contributed by atoms with E-state index in [-0.39, 0.29) is 29.8 Å². The fourth-order valence-electron chi connectivity index (χ4n) is 0.747. The molecule has 0 radical (unpaired) electrons. The van der Waals surface area contributed by atoms with Gasteiger partial charge in [-0.2, -0.15) is 0 Å². The van der Waals surface area contributed by atoms with Crippen LogP contribution in [0.5, 0.6) is 0 Å². The SMILES string of the molecule is CC(C(=O)O)=C(C)C(=O)CCC=O. The van der Waals surface area contributed by atoms with Crippen LogP contribution in [-0.4, -0.2) is 23.1 Å². The van der Waals surface area contributed by atoms with Crippen molar-refractivity contribution in [2.45, 2.75) is 26.7 Å². The highest BCUT2D eigenvalue weighted by atomic mass is 16.4. The Morgan fingerprint density at radius 1 is 1.23 bits per heavy atom. The molecule has 0 heterocycles. The molecule has 0 atom stereocenters. The van der Waals surface area contributed by atoms with Crippen molar-refractivity contribution in [3.05, 3.63) is 11.1 Å². The summed E-state index contributed by atoms with van der Waals surface area (Å²) in [5, 5.41) is 8.55. The third-order valence-corrected chi connectivity index (χ3v) is 1.79. The minimum Gasteiger partial charge on any atom is -0.478 e. The van der Waals surface area contributed by atoms with Gasteiger partial charge >= 0.3 is 5.97 Å². The number of rotatable bonds is 5. The number of hydrogen-bond acceptors (Lipinski definition) is 3. The number of hydrogen-bond donors (Lipinski definition) is 1. The van der Waals surface area contributed by atoms with Crippen LogP contribution in [0.3, 0.4) is 0 Å². The molecule has 72 valence electrons. The average molecular weight is 184 g/mol. The van der Waals surface area contributed by atoms with Crippen LogP contribution in [-0.2, 0) is 14.4 Å². The van der Waals surface area contributed by atoms with E-state index in [1.807, 2.05) is 0 Å². The molecule has 0 aliphatic heterocycles. The number of ketones is 1. The number of carboxylic acids is 1. The van der Waals surface area contributed by atoms with E-state index in [0.29, 0.717) is 6.29 Å². The Hall–Kier alpha value is -1.45. The maximum atomic E-state index is 11.2. The molecule has 0 rings (SSSR count). The van der Waals surface area contributed by atoms with E-state index in [2.05, 4.69) is 0 Å². The van der Waals surface area contributed by atoms with Crippen molar-refractivity contribution < 1.29 is 19.5 Å². The van der Waals surface area contributed by atoms with Crippen molar-refractivity contribution in [3.63, 3.8) is 0 Å². The summed E-state index contributed by atoms with van der Waals surface area (Å²) in [6.45, 7) is 2.83. The van der Waals surface area contributed by atoms with Gasteiger partial charge in [0.2, 0.25) is 0 Å². The number of Topliss-reactive ketones (excluding diaryl/α,β-unsaturated/α-hetero) is 1. The first kappa shape index (κ1) is 11.6. The summed E-state index contributed by atoms with van der Waals surface area (Å²) in [7, 11) is 0. The van der Waals surface area contributed by atoms with E-state index in [1.54, 1.807) is 0 Å². The molecule has 0 aromatic carbocycles. The monoisotopic (exact) mass is 184 g/mol. The summed E-state index contributed by atoms with van der Waals surface area (Å²) in [5.41, 5.74) is 0.255. The minimum absolute atomic E-state index is 0.0379. The fraction of sp³-hybridized carbons (Fsp3) is 0.444. The maximum Gasteiger partial charge on any atom is 0.331 e. The van der Waals surface area contributed by atoms with Gasteiger partial charge in [0.25, 0.3) is 0 Å². The van der Waals surface area contributed by atoms with Gasteiger partial charge in [-0.05, 0) is 13.8 Å². The molecule has 0 aliphatic carbocycles. The van der Waals surface area contributed by atoms with Crippen molar-refractivity contribution in [1.29, 1.82) is 0 Å². The normalized spacial score (nSPS) is 11.8. The Kier molecular flexibility index (Phi) is 4.66. The number of aliphatic carboxylic acids is 1. The highest BCUT2D eigenvalue weighted by molar-refractivity contribution is 6.02. The van der Waals surface area contributed by atoms with Crippen LogP contribution < -0.4 is 0 Å². The lowest BCUT2D eigenvalue weighted by Gasteiger charge is -2.00. The van der Waals surface area contributed by atoms with E-state index in [4.69, 9.17) is 5.11 Å². The summed E-state index contributed by atoms with van der Waals surface area (Å²) >= 11 is 0. The fourth-order valence-corrected chi connectivity index (χ4v) is 0.747. The summed E-state index contributed by atoms with van der Waals surface area (Å²) in [6, 6.07) is 0. The number of allylic oxidation sites excluding steroid dienone is 1. The third kappa shape index (κ3) is 3.64. The molecule has 13 heavy (non-hydrogen) atoms. The summed E-state index contributed by atoms with van der Waals surface area (Å²) < 4.78 is 0. The maximum absolute atomic E-state index is 11.2. The van der Waals surface area contributed by atoms with Gasteiger partial charge in [-0.15, -0.1) is 0 Å². The second kappa shape index (κ2) is 5.24. The van der Waals surface area contributed by atoms with Crippen molar-refractivity contribution in [3.8, 4) is 0 Å². The predicted molar refractivity (Wildman–Crippen MR) is 46.3 cm³/mol. The van der Waals surface area contributed by atoms with Crippen LogP contribution in [0.25, 0.3) is 0 Å². The molecule has 4 heteroatoms. The lowest BCUT2D eigenvalue weighted by Crippen LogP contribution is -2.07. The highest BCUT2D eigenvalue weighted by Gasteiger charge is 2.11. The van der Waals surface area contributed by atoms with Gasteiger partial charge in [-0.25, -0.2) is 4.79 Å². The van der Waals surface area contributed by atoms with Gasteiger partial charge < -0.3 is 9.90 Å². The number of carboxylic acid groups (broad SMARTS) is 1. The molecule has 0 fully saturated rings. The van der Waals surface area contributed by atoms with Gasteiger partial charge in [0.05, 0.1) is 0 Å². The first-order chi connectivity index (χ1) is 6.00. The van der Waals surface area contributed by atoms with Crippen LogP contribution in [0.2, 0.25) is 0 Å². The Morgan fingerprint density at radius 2 is 1.77 bits per heavy atom. The smallest absolute Gasteiger partial charge is 0.331 e. The van der Waals surface area contributed by atoms with E-state index in [0.717, 1.165) is 0 Å². The second-order valence-corrected chi connectivity index (χ2v) is 2.68. The van der Waals surface area contributed by atoms with Crippen LogP contribution >= 0.6 is 0 Å². The predicted octanol–water partition coefficient (Wildman–Crippen LogP) is 0.956. The molecule has 0 saturated carbocycles. The molecule has 0 unspecified atom stereocenters. The Labute approximate surface area is 76.2 Å². The Bertz CT molecular complexity index is 263. The zero-order valence-corrected chi connectivity index (χ0v) is 7.66. The van der Waals surface area contributed by atoms with Crippen LogP contribution in [0.15, 0.2) is 11.1 Å². The molecule has 0 aliphatic rings. The molecule has 0 saturated heterocycles. The molecule has 0 aromatic rings. The van der Waals surface area contributed by atoms with E-state index in [1.165, 1.54) is 13.8 Å². The molecule has 4 nitrogen and oxygen atoms in total. The molecule has 0 aromatic heterocycles. The van der Waals surface area contributed by atoms with E-state index < -0.39 is 5.97 Å². The zero-order chi connectivity index (χ0) is 10.4. The van der Waals surface area contributed by atoms with Gasteiger partial charge in [0.1, 0.15) is 6.29 Å². The van der Waals surface area contributed by atoms with Crippen LogP contribution in [0, 0.1) is 0 Å². The second-order valence-electron chi connectivity index (χ2n) is 2.68. The van der Waals surface area contributed by atoms with Gasteiger partial charge in [0, 0.05) is 24.0 Å². The van der Waals surface area contributed by atoms with Crippen molar-refractivity contribution in [2.24, 2.45) is 0 Å². The lowest BCUT2D eigenvalue weighted by atomic mass is 10.0. The van der Waals surface area contributed by atoms with Crippen LogP contribution in [0.1, 0.15) is 26.7 Å². The highest BCUT2D eigenvalue weighted by Crippen LogP contribution is 2.07. The van der Waals surface area contributed by atoms with Crippen LogP contribution in [0.4, 0.5) is 0 Å². The van der Waals surface area contributed by atoms with Gasteiger partial charge in [-0.1, -0.05) is 0 Å². The zero-order valence-electron chi connectivity index (χ0n) is 7.66. The standard InChI is InChI=1S/C9H12O4/c1-6(7(2)9(12)13)8(11)4-3-5-10/h5H,3-4H2,1-2H3,(H,12,13). The number of carbonyl (C=O) groups is 3. The molecular formula is C9H12O4. The number of carbonyl (C=O) groups excluding carboxylic acids is 2. The van der Waals surface area contributed by atoms with Gasteiger partial charge in [0.15, 0.2) is 5.78 Å². The third-order valence-electron chi connectivity index (χ3n) is 1.79. The minimum atomic E-state index is -1.10. The van der Waals surface area contributed by atoms with E-state index in [9.17, 15) is 14.4 Å². The average Bonchev–Trinajstić information content (AvgIpc) is 2.11. The molecule has 0 spiro atoms. The summed E-state index contributed by atoms with van der Waals surface area (Å²) in [5.74, 6) is -1.39. The Morgan fingerprint density at radius 3 is 2.15 bits per heavy atom. The first-order valence-corrected chi connectivity index (χ1v) is 3.88. The van der Waals surface area contributed by atoms with Gasteiger partial charge in [-0.3, -0.25) is 4.79 Å². The number of aldehydes is 1. The summed E-state index contributed by atoms with van der Waals surface area (Å²) in [4.78, 5) is 31.6. The van der Waals surface area contributed by atoms with E-state index >= 15 is 0 Å². The van der Waals surface area contributed by atoms with Crippen molar-refractivity contribution in [2.75, 3.05) is 0 Å².